The van der Waals surface area contributed by atoms with Crippen LogP contribution in [0.15, 0.2) is 52.0 Å². The molecule has 0 atom stereocenters. The molecule has 1 N–H and O–H groups in total. The normalized spacial score (nSPS) is 10.8. The first-order valence-corrected chi connectivity index (χ1v) is 6.59. The van der Waals surface area contributed by atoms with Crippen LogP contribution in [0.5, 0.6) is 0 Å². The number of nitrogens with zero attached hydrogens (tertiary/aromatic N) is 2. The molecule has 0 saturated carbocycles. The lowest BCUT2D eigenvalue weighted by molar-refractivity contribution is 0.932. The van der Waals surface area contributed by atoms with E-state index in [0.29, 0.717) is 11.8 Å². The Morgan fingerprint density at radius 3 is 2.68 bits per heavy atom. The smallest absolute Gasteiger partial charge is 0.267 e. The lowest BCUT2D eigenvalue weighted by atomic mass is 10.1. The van der Waals surface area contributed by atoms with Crippen molar-refractivity contribution in [3.63, 3.8) is 0 Å². The maximum atomic E-state index is 11.8. The molecule has 0 saturated heterocycles. The van der Waals surface area contributed by atoms with Crippen LogP contribution in [-0.2, 0) is 6.42 Å². The van der Waals surface area contributed by atoms with Crippen LogP contribution >= 0.6 is 15.9 Å². The molecule has 0 aliphatic carbocycles. The summed E-state index contributed by atoms with van der Waals surface area (Å²) < 4.78 is 0.881. The van der Waals surface area contributed by atoms with Crippen molar-refractivity contribution >= 4 is 26.7 Å². The number of aromatic amines is 1. The summed E-state index contributed by atoms with van der Waals surface area (Å²) in [6.45, 7) is 0. The molecule has 0 amide bonds. The van der Waals surface area contributed by atoms with Gasteiger partial charge in [-0.3, -0.25) is 9.78 Å². The largest absolute Gasteiger partial charge is 0.272 e. The number of nitrogens with one attached hydrogen (secondary N) is 1. The molecular weight excluding hydrogens is 306 g/mol. The summed E-state index contributed by atoms with van der Waals surface area (Å²) in [5.74, 6) is 0. The van der Waals surface area contributed by atoms with Crippen molar-refractivity contribution < 1.29 is 0 Å². The number of halogens is 1. The number of H-pyrrole nitrogens is 1. The molecule has 0 bridgehead atoms. The van der Waals surface area contributed by atoms with E-state index in [1.54, 1.807) is 12.4 Å². The molecule has 0 spiro atoms. The van der Waals surface area contributed by atoms with Gasteiger partial charge < -0.3 is 0 Å². The number of benzene rings is 1. The highest BCUT2D eigenvalue weighted by atomic mass is 79.9. The first kappa shape index (κ1) is 12.0. The van der Waals surface area contributed by atoms with E-state index in [-0.39, 0.29) is 5.56 Å². The van der Waals surface area contributed by atoms with Gasteiger partial charge in [0.2, 0.25) is 0 Å². The second-order valence-electron chi connectivity index (χ2n) is 4.22. The average molecular weight is 316 g/mol. The third-order valence-corrected chi connectivity index (χ3v) is 3.44. The maximum Gasteiger partial charge on any atom is 0.272 e. The van der Waals surface area contributed by atoms with Crippen molar-refractivity contribution in [2.75, 3.05) is 0 Å². The molecule has 2 aromatic heterocycles. The van der Waals surface area contributed by atoms with Crippen molar-refractivity contribution in [2.24, 2.45) is 0 Å². The van der Waals surface area contributed by atoms with Gasteiger partial charge in [0.1, 0.15) is 0 Å². The number of hydrogen-bond donors (Lipinski definition) is 1. The van der Waals surface area contributed by atoms with Crippen LogP contribution in [0.2, 0.25) is 0 Å². The quantitative estimate of drug-likeness (QED) is 0.791. The van der Waals surface area contributed by atoms with Crippen molar-refractivity contribution in [3.05, 3.63) is 68.8 Å². The number of pyridine rings is 1. The SMILES string of the molecule is O=c1[nH]nc(Cc2ccncc2)c2ccc(Br)cc12. The van der Waals surface area contributed by atoms with Crippen molar-refractivity contribution in [2.45, 2.75) is 6.42 Å². The molecule has 3 rings (SSSR count). The van der Waals surface area contributed by atoms with E-state index >= 15 is 0 Å². The number of fused-ring (bicyclic) bond motifs is 1. The van der Waals surface area contributed by atoms with Crippen LogP contribution in [-0.4, -0.2) is 15.2 Å². The summed E-state index contributed by atoms with van der Waals surface area (Å²) in [5.41, 5.74) is 1.79. The van der Waals surface area contributed by atoms with Gasteiger partial charge in [-0.2, -0.15) is 5.10 Å². The summed E-state index contributed by atoms with van der Waals surface area (Å²) in [7, 11) is 0. The topological polar surface area (TPSA) is 58.6 Å². The van der Waals surface area contributed by atoms with Gasteiger partial charge in [0.25, 0.3) is 5.56 Å². The van der Waals surface area contributed by atoms with Gasteiger partial charge in [-0.25, -0.2) is 5.10 Å². The van der Waals surface area contributed by atoms with Crippen LogP contribution in [0.4, 0.5) is 0 Å². The molecule has 4 nitrogen and oxygen atoms in total. The zero-order chi connectivity index (χ0) is 13.2. The van der Waals surface area contributed by atoms with Crippen molar-refractivity contribution in [1.82, 2.24) is 15.2 Å². The maximum absolute atomic E-state index is 11.8. The zero-order valence-electron chi connectivity index (χ0n) is 9.93. The Kier molecular flexibility index (Phi) is 3.13. The van der Waals surface area contributed by atoms with Crippen LogP contribution in [0.3, 0.4) is 0 Å². The number of aromatic nitrogens is 3. The lowest BCUT2D eigenvalue weighted by Crippen LogP contribution is -2.11. The Morgan fingerprint density at radius 2 is 1.89 bits per heavy atom. The Bertz CT molecular complexity index is 784. The fraction of sp³-hybridized carbons (Fsp3) is 0.0714. The van der Waals surface area contributed by atoms with Gasteiger partial charge in [0, 0.05) is 28.7 Å². The molecule has 3 aromatic rings. The Hall–Kier alpha value is -2.01. The third kappa shape index (κ3) is 2.42. The van der Waals surface area contributed by atoms with Crippen LogP contribution in [0, 0.1) is 0 Å². The summed E-state index contributed by atoms with van der Waals surface area (Å²) >= 11 is 3.38. The Labute approximate surface area is 117 Å². The van der Waals surface area contributed by atoms with Gasteiger partial charge in [-0.05, 0) is 29.8 Å². The van der Waals surface area contributed by atoms with Crippen LogP contribution in [0.1, 0.15) is 11.3 Å². The van der Waals surface area contributed by atoms with Crippen molar-refractivity contribution in [1.29, 1.82) is 0 Å². The molecule has 19 heavy (non-hydrogen) atoms. The molecule has 0 aliphatic heterocycles. The summed E-state index contributed by atoms with van der Waals surface area (Å²) in [6.07, 6.45) is 4.16. The van der Waals surface area contributed by atoms with E-state index in [1.165, 1.54) is 0 Å². The fourth-order valence-electron chi connectivity index (χ4n) is 2.02. The van der Waals surface area contributed by atoms with E-state index in [2.05, 4.69) is 31.1 Å². The predicted molar refractivity (Wildman–Crippen MR) is 77.1 cm³/mol. The van der Waals surface area contributed by atoms with E-state index < -0.39 is 0 Å². The minimum Gasteiger partial charge on any atom is -0.267 e. The molecule has 1 aromatic carbocycles. The first-order valence-electron chi connectivity index (χ1n) is 5.80. The highest BCUT2D eigenvalue weighted by Crippen LogP contribution is 2.20. The minimum absolute atomic E-state index is 0.172. The number of hydrogen-bond acceptors (Lipinski definition) is 3. The van der Waals surface area contributed by atoms with Crippen molar-refractivity contribution in [3.8, 4) is 0 Å². The third-order valence-electron chi connectivity index (χ3n) is 2.95. The van der Waals surface area contributed by atoms with E-state index in [1.807, 2.05) is 30.3 Å². The molecule has 0 fully saturated rings. The number of rotatable bonds is 2. The van der Waals surface area contributed by atoms with Crippen LogP contribution in [0.25, 0.3) is 10.8 Å². The van der Waals surface area contributed by atoms with Gasteiger partial charge in [0.05, 0.1) is 11.1 Å². The molecule has 94 valence electrons. The summed E-state index contributed by atoms with van der Waals surface area (Å²) in [5, 5.41) is 8.23. The van der Waals surface area contributed by atoms with Gasteiger partial charge in [0.15, 0.2) is 0 Å². The summed E-state index contributed by atoms with van der Waals surface area (Å²) in [6, 6.07) is 9.53. The molecule has 0 aliphatic rings. The lowest BCUT2D eigenvalue weighted by Gasteiger charge is -2.05. The standard InChI is InChI=1S/C14H10BrN3O/c15-10-1-2-11-12(8-10)14(19)18-17-13(11)7-9-3-5-16-6-4-9/h1-6,8H,7H2,(H,18,19). The van der Waals surface area contributed by atoms with Gasteiger partial charge in [-0.15, -0.1) is 0 Å². The molecule has 0 unspecified atom stereocenters. The van der Waals surface area contributed by atoms with Gasteiger partial charge in [-0.1, -0.05) is 22.0 Å². The molecular formula is C14H10BrN3O. The van der Waals surface area contributed by atoms with E-state index in [4.69, 9.17) is 0 Å². The fourth-order valence-corrected chi connectivity index (χ4v) is 2.38. The van der Waals surface area contributed by atoms with Crippen LogP contribution < -0.4 is 5.56 Å². The second-order valence-corrected chi connectivity index (χ2v) is 5.14. The zero-order valence-corrected chi connectivity index (χ0v) is 11.5. The minimum atomic E-state index is -0.172. The first-order chi connectivity index (χ1) is 9.24. The van der Waals surface area contributed by atoms with Gasteiger partial charge >= 0.3 is 0 Å². The van der Waals surface area contributed by atoms with E-state index in [9.17, 15) is 4.79 Å². The molecule has 5 heteroatoms. The monoisotopic (exact) mass is 315 g/mol. The Balaban J connectivity index is 2.15. The highest BCUT2D eigenvalue weighted by molar-refractivity contribution is 9.10. The molecule has 0 radical (unpaired) electrons. The predicted octanol–water partition coefficient (Wildman–Crippen LogP) is 2.67. The highest BCUT2D eigenvalue weighted by Gasteiger charge is 2.07. The average Bonchev–Trinajstić information content (AvgIpc) is 2.43. The molecule has 2 heterocycles. The Morgan fingerprint density at radius 1 is 1.11 bits per heavy atom. The summed E-state index contributed by atoms with van der Waals surface area (Å²) in [4.78, 5) is 15.8. The second kappa shape index (κ2) is 4.93. The van der Waals surface area contributed by atoms with E-state index in [0.717, 1.165) is 21.1 Å².